The van der Waals surface area contributed by atoms with Crippen LogP contribution in [0.2, 0.25) is 0 Å². The molecule has 2 N–H and O–H groups in total. The fourth-order valence-electron chi connectivity index (χ4n) is 2.99. The SMILES string of the molecule is COC(=O)C1=CN(NC(=O)C(C)(c2ccccc2)C2CNC(=O)O2)CN1F. The van der Waals surface area contributed by atoms with Crippen LogP contribution in [-0.2, 0) is 24.5 Å². The van der Waals surface area contributed by atoms with Gasteiger partial charge in [-0.3, -0.25) is 15.2 Å². The highest BCUT2D eigenvalue weighted by atomic mass is 19.2. The summed E-state index contributed by atoms with van der Waals surface area (Å²) in [6, 6.07) is 8.81. The molecule has 144 valence electrons. The van der Waals surface area contributed by atoms with Gasteiger partial charge in [0, 0.05) is 0 Å². The van der Waals surface area contributed by atoms with Gasteiger partial charge < -0.3 is 14.8 Å². The highest BCUT2D eigenvalue weighted by molar-refractivity contribution is 5.90. The van der Waals surface area contributed by atoms with Crippen molar-refractivity contribution in [3.05, 3.63) is 47.8 Å². The Labute approximate surface area is 154 Å². The lowest BCUT2D eigenvalue weighted by Gasteiger charge is -2.34. The van der Waals surface area contributed by atoms with Gasteiger partial charge in [-0.05, 0) is 12.5 Å². The summed E-state index contributed by atoms with van der Waals surface area (Å²) >= 11 is 0. The molecule has 1 aromatic rings. The monoisotopic (exact) mass is 378 g/mol. The first-order chi connectivity index (χ1) is 12.9. The molecule has 9 nitrogen and oxygen atoms in total. The van der Waals surface area contributed by atoms with Gasteiger partial charge in [0.15, 0.2) is 5.70 Å². The number of esters is 1. The number of nitrogens with zero attached hydrogens (tertiary/aromatic N) is 2. The van der Waals surface area contributed by atoms with Gasteiger partial charge in [0.1, 0.15) is 18.2 Å². The van der Waals surface area contributed by atoms with E-state index in [1.807, 2.05) is 0 Å². The molecule has 2 heterocycles. The molecule has 27 heavy (non-hydrogen) atoms. The molecule has 2 aliphatic rings. The van der Waals surface area contributed by atoms with Gasteiger partial charge in [-0.25, -0.2) is 9.59 Å². The maximum atomic E-state index is 13.9. The van der Waals surface area contributed by atoms with Crippen LogP contribution in [0.3, 0.4) is 0 Å². The molecular formula is C17H19FN4O5. The summed E-state index contributed by atoms with van der Waals surface area (Å²) in [5, 5.41) is 3.81. The first kappa shape index (κ1) is 18.5. The number of benzene rings is 1. The quantitative estimate of drug-likeness (QED) is 0.570. The van der Waals surface area contributed by atoms with Gasteiger partial charge in [-0.2, -0.15) is 5.12 Å². The Kier molecular flexibility index (Phi) is 4.89. The van der Waals surface area contributed by atoms with E-state index in [4.69, 9.17) is 4.74 Å². The number of nitrogens with one attached hydrogen (secondary N) is 2. The summed E-state index contributed by atoms with van der Waals surface area (Å²) < 4.78 is 23.6. The largest absolute Gasteiger partial charge is 0.464 e. The molecule has 2 aliphatic heterocycles. The second kappa shape index (κ2) is 7.14. The third-order valence-corrected chi connectivity index (χ3v) is 4.63. The van der Waals surface area contributed by atoms with Crippen LogP contribution in [0.25, 0.3) is 0 Å². The lowest BCUT2D eigenvalue weighted by Crippen LogP contribution is -2.55. The Morgan fingerprint density at radius 1 is 1.37 bits per heavy atom. The second-order valence-corrected chi connectivity index (χ2v) is 6.26. The van der Waals surface area contributed by atoms with Crippen LogP contribution in [0.1, 0.15) is 12.5 Å². The van der Waals surface area contributed by atoms with Crippen LogP contribution >= 0.6 is 0 Å². The number of hydrogen-bond donors (Lipinski definition) is 2. The van der Waals surface area contributed by atoms with Crippen LogP contribution < -0.4 is 10.7 Å². The number of hydrazine groups is 1. The molecule has 2 atom stereocenters. The fraction of sp³-hybridized carbons (Fsp3) is 0.353. The number of cyclic esters (lactones) is 1. The van der Waals surface area contributed by atoms with Crippen molar-refractivity contribution in [2.45, 2.75) is 18.4 Å². The molecule has 1 aromatic carbocycles. The van der Waals surface area contributed by atoms with E-state index < -0.39 is 29.5 Å². The summed E-state index contributed by atoms with van der Waals surface area (Å²) in [7, 11) is 1.13. The zero-order valence-corrected chi connectivity index (χ0v) is 14.8. The normalized spacial score (nSPS) is 21.1. The van der Waals surface area contributed by atoms with Crippen molar-refractivity contribution < 1.29 is 28.3 Å². The van der Waals surface area contributed by atoms with Gasteiger partial charge in [0.25, 0.3) is 5.91 Å². The summed E-state index contributed by atoms with van der Waals surface area (Å²) in [4.78, 5) is 36.2. The predicted molar refractivity (Wildman–Crippen MR) is 90.0 cm³/mol. The molecular weight excluding hydrogens is 359 g/mol. The standard InChI is InChI=1S/C17H19FN4O5/c1-17(11-6-4-3-5-7-11,13-8-19-16(25)27-13)15(24)20-21-9-12(14(23)26-2)22(18)10-21/h3-7,9,13H,8,10H2,1-2H3,(H,19,25)(H,20,24). The van der Waals surface area contributed by atoms with Crippen LogP contribution in [-0.4, -0.2) is 54.5 Å². The van der Waals surface area contributed by atoms with E-state index in [1.54, 1.807) is 37.3 Å². The Morgan fingerprint density at radius 3 is 2.67 bits per heavy atom. The summed E-state index contributed by atoms with van der Waals surface area (Å²) in [6.45, 7) is 1.40. The average molecular weight is 378 g/mol. The number of hydrogen-bond acceptors (Lipinski definition) is 7. The highest BCUT2D eigenvalue weighted by Crippen LogP contribution is 2.32. The zero-order chi connectivity index (χ0) is 19.6. The number of carbonyl (C=O) groups is 3. The maximum absolute atomic E-state index is 13.9. The third kappa shape index (κ3) is 3.37. The van der Waals surface area contributed by atoms with E-state index in [2.05, 4.69) is 15.5 Å². The molecule has 0 spiro atoms. The first-order valence-electron chi connectivity index (χ1n) is 8.17. The van der Waals surface area contributed by atoms with Crippen molar-refractivity contribution in [1.29, 1.82) is 0 Å². The Balaban J connectivity index is 1.85. The summed E-state index contributed by atoms with van der Waals surface area (Å²) in [5.74, 6) is -1.39. The number of alkyl carbamates (subject to hydrolysis) is 1. The fourth-order valence-corrected chi connectivity index (χ4v) is 2.99. The van der Waals surface area contributed by atoms with E-state index in [9.17, 15) is 18.9 Å². The predicted octanol–water partition coefficient (Wildman–Crippen LogP) is 0.558. The van der Waals surface area contributed by atoms with Crippen molar-refractivity contribution in [3.8, 4) is 0 Å². The molecule has 0 aromatic heterocycles. The first-order valence-corrected chi connectivity index (χ1v) is 8.17. The van der Waals surface area contributed by atoms with Crippen LogP contribution in [0.15, 0.2) is 42.2 Å². The van der Waals surface area contributed by atoms with Gasteiger partial charge in [0.2, 0.25) is 0 Å². The second-order valence-electron chi connectivity index (χ2n) is 6.26. The van der Waals surface area contributed by atoms with Crippen molar-refractivity contribution in [1.82, 2.24) is 20.9 Å². The number of ether oxygens (including phenoxy) is 2. The van der Waals surface area contributed by atoms with Crippen molar-refractivity contribution in [2.75, 3.05) is 20.3 Å². The van der Waals surface area contributed by atoms with Gasteiger partial charge in [-0.1, -0.05) is 34.8 Å². The maximum Gasteiger partial charge on any atom is 0.407 e. The number of halogens is 1. The molecule has 1 saturated heterocycles. The van der Waals surface area contributed by atoms with Gasteiger partial charge >= 0.3 is 12.1 Å². The molecule has 0 aliphatic carbocycles. The molecule has 3 rings (SSSR count). The minimum atomic E-state index is -1.25. The Morgan fingerprint density at radius 2 is 2.07 bits per heavy atom. The van der Waals surface area contributed by atoms with Crippen molar-refractivity contribution in [3.63, 3.8) is 0 Å². The topological polar surface area (TPSA) is 100 Å². The molecule has 2 amide bonds. The van der Waals surface area contributed by atoms with E-state index in [0.29, 0.717) is 5.56 Å². The highest BCUT2D eigenvalue weighted by Gasteiger charge is 2.48. The summed E-state index contributed by atoms with van der Waals surface area (Å²) in [6.07, 6.45) is -0.242. The lowest BCUT2D eigenvalue weighted by atomic mass is 9.76. The molecule has 10 heteroatoms. The summed E-state index contributed by atoms with van der Waals surface area (Å²) in [5.41, 5.74) is 1.59. The minimum absolute atomic E-state index is 0.149. The van der Waals surface area contributed by atoms with Crippen LogP contribution in [0.5, 0.6) is 0 Å². The molecule has 2 unspecified atom stereocenters. The third-order valence-electron chi connectivity index (χ3n) is 4.63. The Hall–Kier alpha value is -3.30. The van der Waals surface area contributed by atoms with Crippen LogP contribution in [0.4, 0.5) is 9.28 Å². The molecule has 1 fully saturated rings. The van der Waals surface area contributed by atoms with Gasteiger partial charge in [-0.15, -0.1) is 0 Å². The van der Waals surface area contributed by atoms with Crippen molar-refractivity contribution in [2.24, 2.45) is 0 Å². The van der Waals surface area contributed by atoms with E-state index in [0.717, 1.165) is 18.3 Å². The van der Waals surface area contributed by atoms with Gasteiger partial charge in [0.05, 0.1) is 19.9 Å². The van der Waals surface area contributed by atoms with E-state index in [-0.39, 0.29) is 24.0 Å². The van der Waals surface area contributed by atoms with Crippen LogP contribution in [0, 0.1) is 0 Å². The minimum Gasteiger partial charge on any atom is -0.464 e. The zero-order valence-electron chi connectivity index (χ0n) is 14.8. The molecule has 0 bridgehead atoms. The van der Waals surface area contributed by atoms with E-state index >= 15 is 0 Å². The van der Waals surface area contributed by atoms with Crippen molar-refractivity contribution >= 4 is 18.0 Å². The number of amides is 2. The molecule has 0 saturated carbocycles. The average Bonchev–Trinajstić information content (AvgIpc) is 3.26. The number of methoxy groups -OCH3 is 1. The Bertz CT molecular complexity index is 787. The smallest absolute Gasteiger partial charge is 0.407 e. The van der Waals surface area contributed by atoms with E-state index in [1.165, 1.54) is 0 Å². The number of rotatable bonds is 5. The molecule has 0 radical (unpaired) electrons. The number of carbonyl (C=O) groups excluding carboxylic acids is 3. The lowest BCUT2D eigenvalue weighted by molar-refractivity contribution is -0.140.